The molecule has 2 N–H and O–H groups in total. The summed E-state index contributed by atoms with van der Waals surface area (Å²) in [5.74, 6) is -1.16. The highest BCUT2D eigenvalue weighted by atomic mass is 79.9. The van der Waals surface area contributed by atoms with Gasteiger partial charge in [-0.2, -0.15) is 0 Å². The van der Waals surface area contributed by atoms with Crippen LogP contribution in [0.3, 0.4) is 0 Å². The Kier molecular flexibility index (Phi) is 8.76. The second-order valence-corrected chi connectivity index (χ2v) is 17.4. The fraction of sp³-hybridized carbons (Fsp3) is 0.182. The summed E-state index contributed by atoms with van der Waals surface area (Å²) in [7, 11) is -12.1. The van der Waals surface area contributed by atoms with Gasteiger partial charge in [0.1, 0.15) is 9.79 Å². The molecule has 3 aromatic carbocycles. The Bertz CT molecular complexity index is 1720. The number of aliphatic hydroxyl groups is 1. The van der Waals surface area contributed by atoms with Crippen molar-refractivity contribution in [3.05, 3.63) is 78.6 Å². The van der Waals surface area contributed by atoms with Crippen LogP contribution in [-0.2, 0) is 29.9 Å². The van der Waals surface area contributed by atoms with Gasteiger partial charge < -0.3 is 5.11 Å². The first kappa shape index (κ1) is 30.0. The topological polar surface area (TPSA) is 138 Å². The third-order valence-electron chi connectivity index (χ3n) is 5.58. The largest absolute Gasteiger partial charge is 0.390 e. The van der Waals surface area contributed by atoms with Crippen LogP contribution in [0.4, 0.5) is 11.4 Å². The first-order chi connectivity index (χ1) is 17.6. The lowest BCUT2D eigenvalue weighted by Gasteiger charge is -2.32. The van der Waals surface area contributed by atoms with Crippen LogP contribution in [0, 0.1) is 0 Å². The molecule has 38 heavy (non-hydrogen) atoms. The lowest BCUT2D eigenvalue weighted by atomic mass is 10.2. The minimum Gasteiger partial charge on any atom is -0.390 e. The number of rotatable bonds is 7. The summed E-state index contributed by atoms with van der Waals surface area (Å²) >= 11 is 13.0. The summed E-state index contributed by atoms with van der Waals surface area (Å²) in [5, 5.41) is 10.6. The predicted molar refractivity (Wildman–Crippen MR) is 159 cm³/mol. The van der Waals surface area contributed by atoms with E-state index in [-0.39, 0.29) is 25.6 Å². The van der Waals surface area contributed by atoms with E-state index in [9.17, 15) is 30.4 Å². The van der Waals surface area contributed by atoms with E-state index in [0.717, 1.165) is 4.31 Å². The van der Waals surface area contributed by atoms with E-state index < -0.39 is 53.5 Å². The Labute approximate surface area is 254 Å². The second kappa shape index (κ2) is 11.1. The smallest absolute Gasteiger partial charge is 0.265 e. The number of benzene rings is 3. The maximum Gasteiger partial charge on any atom is 0.265 e. The van der Waals surface area contributed by atoms with Gasteiger partial charge in [-0.15, -0.1) is 0 Å². The number of anilines is 2. The molecule has 0 radical (unpaired) electrons. The van der Waals surface area contributed by atoms with E-state index in [4.69, 9.17) is 0 Å². The molecule has 0 aliphatic carbocycles. The fourth-order valence-electron chi connectivity index (χ4n) is 3.89. The van der Waals surface area contributed by atoms with Crippen LogP contribution < -0.4 is 9.03 Å². The van der Waals surface area contributed by atoms with Gasteiger partial charge in [0.25, 0.3) is 20.0 Å². The maximum absolute atomic E-state index is 13.9. The number of sulfone groups is 1. The van der Waals surface area contributed by atoms with Crippen LogP contribution >= 0.6 is 63.7 Å². The lowest BCUT2D eigenvalue weighted by molar-refractivity contribution is 0.184. The van der Waals surface area contributed by atoms with Crippen LogP contribution in [0.2, 0.25) is 0 Å². The highest BCUT2D eigenvalue weighted by Crippen LogP contribution is 2.36. The van der Waals surface area contributed by atoms with Gasteiger partial charge in [0, 0.05) is 23.6 Å². The van der Waals surface area contributed by atoms with E-state index in [1.165, 1.54) is 42.5 Å². The number of nitrogens with one attached hydrogen (secondary N) is 1. The minimum atomic E-state index is -4.39. The van der Waals surface area contributed by atoms with Crippen molar-refractivity contribution >= 4 is 105 Å². The van der Waals surface area contributed by atoms with Gasteiger partial charge in [0.15, 0.2) is 9.84 Å². The van der Waals surface area contributed by atoms with Crippen molar-refractivity contribution in [3.63, 3.8) is 0 Å². The summed E-state index contributed by atoms with van der Waals surface area (Å²) in [6.45, 7) is 0. The van der Waals surface area contributed by atoms with Crippen molar-refractivity contribution in [2.45, 2.75) is 21.9 Å². The molecule has 1 aliphatic rings. The van der Waals surface area contributed by atoms with Crippen molar-refractivity contribution < 1.29 is 30.4 Å². The van der Waals surface area contributed by atoms with Crippen LogP contribution in [-0.4, -0.2) is 54.0 Å². The summed E-state index contributed by atoms with van der Waals surface area (Å²) in [4.78, 5) is -0.161. The van der Waals surface area contributed by atoms with Crippen molar-refractivity contribution in [2.75, 3.05) is 20.5 Å². The van der Waals surface area contributed by atoms with E-state index >= 15 is 0 Å². The molecular formula is C22H18Br4N2O7S3. The zero-order chi connectivity index (χ0) is 28.0. The Hall–Kier alpha value is -1.01. The highest BCUT2D eigenvalue weighted by molar-refractivity contribution is 9.11. The molecule has 0 unspecified atom stereocenters. The number of hydrogen-bond acceptors (Lipinski definition) is 7. The zero-order valence-electron chi connectivity index (χ0n) is 18.9. The predicted octanol–water partition coefficient (Wildman–Crippen LogP) is 4.89. The summed E-state index contributed by atoms with van der Waals surface area (Å²) in [5.41, 5.74) is 0.186. The van der Waals surface area contributed by atoms with E-state index in [1.807, 2.05) is 0 Å². The van der Waals surface area contributed by atoms with Crippen molar-refractivity contribution in [1.29, 1.82) is 0 Å². The molecule has 204 valence electrons. The third kappa shape index (κ3) is 6.32. The Morgan fingerprint density at radius 1 is 0.789 bits per heavy atom. The van der Waals surface area contributed by atoms with Crippen molar-refractivity contribution in [1.82, 2.24) is 0 Å². The first-order valence-corrected chi connectivity index (χ1v) is 18.5. The third-order valence-corrected chi connectivity index (χ3v) is 13.5. The van der Waals surface area contributed by atoms with Gasteiger partial charge in [-0.3, -0.25) is 9.03 Å². The van der Waals surface area contributed by atoms with Crippen molar-refractivity contribution in [2.24, 2.45) is 0 Å². The van der Waals surface area contributed by atoms with Crippen LogP contribution in [0.15, 0.2) is 88.3 Å². The molecule has 1 heterocycles. The Morgan fingerprint density at radius 3 is 1.84 bits per heavy atom. The normalized spacial score (nSPS) is 19.3. The average Bonchev–Trinajstić information content (AvgIpc) is 3.09. The standard InChI is InChI=1S/C22H18Br4N2O7S3/c23-13-1-7-17(25)21(9-13)37(32,33)27-15-3-5-16(6-4-15)28(19-11-36(30,31)12-20(19)29)38(34,35)22-10-14(24)2-8-18(22)26/h1-10,19-20,27,29H,11-12H2/t19-,20-/m0/s1. The molecule has 4 rings (SSSR count). The monoisotopic (exact) mass is 834 g/mol. The number of halogens is 4. The molecule has 0 amide bonds. The SMILES string of the molecule is O=S1(=O)C[C@H](O)[C@@H](N(c2ccc(NS(=O)(=O)c3cc(Br)ccc3Br)cc2)S(=O)(=O)c2cc(Br)ccc2Br)C1. The van der Waals surface area contributed by atoms with E-state index in [0.29, 0.717) is 13.4 Å². The van der Waals surface area contributed by atoms with Crippen LogP contribution in [0.1, 0.15) is 0 Å². The molecule has 1 saturated heterocycles. The van der Waals surface area contributed by atoms with Gasteiger partial charge in [0.05, 0.1) is 29.3 Å². The summed E-state index contributed by atoms with van der Waals surface area (Å²) < 4.78 is 83.1. The molecule has 3 aromatic rings. The molecule has 2 atom stereocenters. The average molecular weight is 838 g/mol. The van der Waals surface area contributed by atoms with E-state index in [2.05, 4.69) is 68.4 Å². The van der Waals surface area contributed by atoms with Crippen molar-refractivity contribution in [3.8, 4) is 0 Å². The summed E-state index contributed by atoms with van der Waals surface area (Å²) in [6, 6.07) is 13.3. The molecule has 0 aromatic heterocycles. The number of sulfonamides is 2. The van der Waals surface area contributed by atoms with Gasteiger partial charge in [-0.25, -0.2) is 25.3 Å². The Morgan fingerprint density at radius 2 is 1.32 bits per heavy atom. The minimum absolute atomic E-state index is 0.0149. The molecule has 1 aliphatic heterocycles. The molecular weight excluding hydrogens is 820 g/mol. The number of nitrogens with zero attached hydrogens (tertiary/aromatic N) is 1. The van der Waals surface area contributed by atoms with Gasteiger partial charge in [-0.05, 0) is 92.5 Å². The van der Waals surface area contributed by atoms with E-state index in [1.54, 1.807) is 18.2 Å². The van der Waals surface area contributed by atoms with Crippen LogP contribution in [0.5, 0.6) is 0 Å². The molecule has 0 bridgehead atoms. The number of hydrogen-bond donors (Lipinski definition) is 2. The maximum atomic E-state index is 13.9. The molecule has 1 fully saturated rings. The first-order valence-electron chi connectivity index (χ1n) is 10.6. The van der Waals surface area contributed by atoms with Gasteiger partial charge in [0.2, 0.25) is 0 Å². The summed E-state index contributed by atoms with van der Waals surface area (Å²) in [6.07, 6.45) is -1.47. The molecule has 9 nitrogen and oxygen atoms in total. The molecule has 0 saturated carbocycles. The molecule has 0 spiro atoms. The molecule has 16 heteroatoms. The van der Waals surface area contributed by atoms with Crippen LogP contribution in [0.25, 0.3) is 0 Å². The van der Waals surface area contributed by atoms with Gasteiger partial charge in [-0.1, -0.05) is 31.9 Å². The fourth-order valence-corrected chi connectivity index (χ4v) is 11.5. The quantitative estimate of drug-likeness (QED) is 0.346. The van der Waals surface area contributed by atoms with Gasteiger partial charge >= 0.3 is 0 Å². The lowest BCUT2D eigenvalue weighted by Crippen LogP contribution is -2.47. The number of aliphatic hydroxyl groups excluding tert-OH is 1. The second-order valence-electron chi connectivity index (χ2n) is 8.31. The zero-order valence-corrected chi connectivity index (χ0v) is 27.7. The Balaban J connectivity index is 1.76. The highest BCUT2D eigenvalue weighted by Gasteiger charge is 2.45.